The van der Waals surface area contributed by atoms with Crippen molar-refractivity contribution in [3.8, 4) is 5.75 Å². The first-order valence-corrected chi connectivity index (χ1v) is 7.57. The van der Waals surface area contributed by atoms with E-state index in [0.29, 0.717) is 16.8 Å². The van der Waals surface area contributed by atoms with Gasteiger partial charge < -0.3 is 14.8 Å². The minimum absolute atomic E-state index is 0.0108. The molecule has 0 atom stereocenters. The maximum absolute atomic E-state index is 11.3. The lowest BCUT2D eigenvalue weighted by Crippen LogP contribution is -2.16. The summed E-state index contributed by atoms with van der Waals surface area (Å²) in [7, 11) is 0. The fourth-order valence-corrected chi connectivity index (χ4v) is 3.20. The maximum Gasteiger partial charge on any atom is 0.335 e. The molecule has 0 saturated carbocycles. The summed E-state index contributed by atoms with van der Waals surface area (Å²) in [5, 5.41) is 9.29. The number of aromatic nitrogens is 2. The molecule has 116 valence electrons. The highest BCUT2D eigenvalue weighted by Gasteiger charge is 2.24. The third kappa shape index (κ3) is 2.44. The van der Waals surface area contributed by atoms with Gasteiger partial charge in [-0.05, 0) is 30.2 Å². The molecule has 1 heterocycles. The molecule has 0 amide bonds. The van der Waals surface area contributed by atoms with E-state index in [9.17, 15) is 9.90 Å². The van der Waals surface area contributed by atoms with E-state index in [1.54, 1.807) is 12.1 Å². The zero-order valence-corrected chi connectivity index (χ0v) is 12.7. The monoisotopic (exact) mass is 308 g/mol. The van der Waals surface area contributed by atoms with Crippen molar-refractivity contribution in [1.29, 1.82) is 0 Å². The number of carboxylic acids is 1. The quantitative estimate of drug-likeness (QED) is 0.779. The molecule has 0 unspecified atom stereocenters. The highest BCUT2D eigenvalue weighted by molar-refractivity contribution is 5.95. The van der Waals surface area contributed by atoms with Crippen molar-refractivity contribution in [3.05, 3.63) is 58.9 Å². The molecule has 0 fully saturated rings. The van der Waals surface area contributed by atoms with E-state index >= 15 is 0 Å². The van der Waals surface area contributed by atoms with Gasteiger partial charge >= 0.3 is 5.97 Å². The smallest absolute Gasteiger partial charge is 0.335 e. The summed E-state index contributed by atoms with van der Waals surface area (Å²) in [5.74, 6) is 0.294. The van der Waals surface area contributed by atoms with E-state index in [-0.39, 0.29) is 11.7 Å². The summed E-state index contributed by atoms with van der Waals surface area (Å²) in [6, 6.07) is 11.4. The van der Waals surface area contributed by atoms with Crippen molar-refractivity contribution < 1.29 is 14.6 Å². The number of aromatic carboxylic acids is 1. The minimum Gasteiger partial charge on any atom is -0.487 e. The number of nitrogens with one attached hydrogen (secondary N) is 1. The molecule has 0 saturated heterocycles. The first kappa shape index (κ1) is 13.8. The summed E-state index contributed by atoms with van der Waals surface area (Å²) in [6.45, 7) is 1.84. The first-order chi connectivity index (χ1) is 11.1. The summed E-state index contributed by atoms with van der Waals surface area (Å²) < 4.78 is 6.13. The average Bonchev–Trinajstić information content (AvgIpc) is 3.08. The van der Waals surface area contributed by atoms with Gasteiger partial charge in [0.1, 0.15) is 23.2 Å². The van der Waals surface area contributed by atoms with Crippen LogP contribution in [0.2, 0.25) is 0 Å². The molecule has 0 bridgehead atoms. The van der Waals surface area contributed by atoms with E-state index in [1.165, 1.54) is 11.1 Å². The molecule has 5 nitrogen and oxygen atoms in total. The van der Waals surface area contributed by atoms with E-state index in [1.807, 2.05) is 19.1 Å². The Balaban J connectivity index is 1.70. The molecule has 1 aliphatic carbocycles. The second kappa shape index (κ2) is 5.12. The van der Waals surface area contributed by atoms with Crippen LogP contribution in [0.15, 0.2) is 36.4 Å². The van der Waals surface area contributed by atoms with Crippen LogP contribution in [-0.4, -0.2) is 27.1 Å². The molecule has 3 aromatic rings. The van der Waals surface area contributed by atoms with Gasteiger partial charge in [-0.2, -0.15) is 0 Å². The van der Waals surface area contributed by atoms with Crippen LogP contribution < -0.4 is 4.74 Å². The number of ether oxygens (including phenoxy) is 1. The number of aryl methyl sites for hydroxylation is 1. The van der Waals surface area contributed by atoms with E-state index in [4.69, 9.17) is 4.74 Å². The van der Waals surface area contributed by atoms with Crippen LogP contribution in [0.4, 0.5) is 0 Å². The molecule has 4 rings (SSSR count). The summed E-state index contributed by atoms with van der Waals surface area (Å²) in [4.78, 5) is 18.8. The maximum atomic E-state index is 11.3. The molecular weight excluding hydrogens is 292 g/mol. The highest BCUT2D eigenvalue weighted by Crippen LogP contribution is 2.31. The van der Waals surface area contributed by atoms with Crippen molar-refractivity contribution in [2.75, 3.05) is 0 Å². The van der Waals surface area contributed by atoms with Gasteiger partial charge in [0.15, 0.2) is 0 Å². The van der Waals surface area contributed by atoms with Gasteiger partial charge in [0.25, 0.3) is 0 Å². The zero-order chi connectivity index (χ0) is 16.0. The standard InChI is InChI=1S/C18H16N2O3/c1-10-19-15-8-13(18(21)22)9-16(17(15)20-10)23-14-6-11-4-2-3-5-12(11)7-14/h2-5,8-9,14H,6-7H2,1H3,(H,19,20)(H,21,22). The fourth-order valence-electron chi connectivity index (χ4n) is 3.20. The summed E-state index contributed by atoms with van der Waals surface area (Å²) in [6.07, 6.45) is 1.67. The van der Waals surface area contributed by atoms with Crippen LogP contribution in [0, 0.1) is 6.92 Å². The molecule has 0 aliphatic heterocycles. The Morgan fingerprint density at radius 3 is 2.61 bits per heavy atom. The number of hydrogen-bond donors (Lipinski definition) is 2. The zero-order valence-electron chi connectivity index (χ0n) is 12.7. The average molecular weight is 308 g/mol. The Labute approximate surface area is 132 Å². The first-order valence-electron chi connectivity index (χ1n) is 7.57. The van der Waals surface area contributed by atoms with Gasteiger partial charge in [-0.3, -0.25) is 0 Å². The van der Waals surface area contributed by atoms with Crippen LogP contribution in [0.3, 0.4) is 0 Å². The van der Waals surface area contributed by atoms with Crippen molar-refractivity contribution in [3.63, 3.8) is 0 Å². The number of aromatic amines is 1. The van der Waals surface area contributed by atoms with Crippen LogP contribution in [0.25, 0.3) is 11.0 Å². The number of fused-ring (bicyclic) bond motifs is 2. The number of benzene rings is 2. The Morgan fingerprint density at radius 2 is 1.96 bits per heavy atom. The molecule has 0 radical (unpaired) electrons. The van der Waals surface area contributed by atoms with Crippen molar-refractivity contribution >= 4 is 17.0 Å². The largest absolute Gasteiger partial charge is 0.487 e. The predicted molar refractivity (Wildman–Crippen MR) is 86.1 cm³/mol. The van der Waals surface area contributed by atoms with Crippen LogP contribution in [0.1, 0.15) is 27.3 Å². The molecule has 0 spiro atoms. The van der Waals surface area contributed by atoms with Crippen LogP contribution in [0.5, 0.6) is 5.75 Å². The van der Waals surface area contributed by atoms with Gasteiger partial charge in [-0.1, -0.05) is 24.3 Å². The van der Waals surface area contributed by atoms with Crippen molar-refractivity contribution in [2.45, 2.75) is 25.9 Å². The Hall–Kier alpha value is -2.82. The number of nitrogens with zero attached hydrogens (tertiary/aromatic N) is 1. The molecule has 2 N–H and O–H groups in total. The van der Waals surface area contributed by atoms with Gasteiger partial charge in [0.2, 0.25) is 0 Å². The number of rotatable bonds is 3. The van der Waals surface area contributed by atoms with Crippen LogP contribution in [-0.2, 0) is 12.8 Å². The lowest BCUT2D eigenvalue weighted by atomic mass is 10.1. The Bertz CT molecular complexity index is 889. The predicted octanol–water partition coefficient (Wildman–Crippen LogP) is 3.12. The summed E-state index contributed by atoms with van der Waals surface area (Å²) >= 11 is 0. The third-order valence-corrected chi connectivity index (χ3v) is 4.22. The lowest BCUT2D eigenvalue weighted by molar-refractivity contribution is 0.0696. The number of carbonyl (C=O) groups is 1. The second-order valence-corrected chi connectivity index (χ2v) is 5.91. The number of hydrogen-bond acceptors (Lipinski definition) is 3. The number of imidazole rings is 1. The lowest BCUT2D eigenvalue weighted by Gasteiger charge is -2.14. The van der Waals surface area contributed by atoms with Crippen molar-refractivity contribution in [1.82, 2.24) is 9.97 Å². The van der Waals surface area contributed by atoms with E-state index in [0.717, 1.165) is 18.7 Å². The van der Waals surface area contributed by atoms with Gasteiger partial charge in [0, 0.05) is 12.8 Å². The molecule has 1 aliphatic rings. The fraction of sp³-hybridized carbons (Fsp3) is 0.222. The Morgan fingerprint density at radius 1 is 1.26 bits per heavy atom. The molecule has 23 heavy (non-hydrogen) atoms. The number of H-pyrrole nitrogens is 1. The molecule has 5 heteroatoms. The van der Waals surface area contributed by atoms with E-state index in [2.05, 4.69) is 22.1 Å². The second-order valence-electron chi connectivity index (χ2n) is 5.91. The van der Waals surface area contributed by atoms with E-state index < -0.39 is 5.97 Å². The summed E-state index contributed by atoms with van der Waals surface area (Å²) in [5.41, 5.74) is 4.16. The normalized spacial score (nSPS) is 14.1. The topological polar surface area (TPSA) is 75.2 Å². The molecular formula is C18H16N2O3. The minimum atomic E-state index is -0.973. The van der Waals surface area contributed by atoms with Gasteiger partial charge in [-0.25, -0.2) is 9.78 Å². The third-order valence-electron chi connectivity index (χ3n) is 4.22. The van der Waals surface area contributed by atoms with Gasteiger partial charge in [0.05, 0.1) is 11.1 Å². The van der Waals surface area contributed by atoms with Crippen molar-refractivity contribution in [2.24, 2.45) is 0 Å². The molecule has 2 aromatic carbocycles. The van der Waals surface area contributed by atoms with Crippen LogP contribution >= 0.6 is 0 Å². The molecule has 1 aromatic heterocycles. The van der Waals surface area contributed by atoms with Gasteiger partial charge in [-0.15, -0.1) is 0 Å². The number of carboxylic acid groups (broad SMARTS) is 1. The Kier molecular flexibility index (Phi) is 3.08. The highest BCUT2D eigenvalue weighted by atomic mass is 16.5. The SMILES string of the molecule is Cc1nc2c(OC3Cc4ccccc4C3)cc(C(=O)O)cc2[nH]1.